The molecule has 0 aromatic rings. The minimum absolute atomic E-state index is 0.102. The molecule has 1 fully saturated rings. The Labute approximate surface area is 111 Å². The molecule has 108 valence electrons. The van der Waals surface area contributed by atoms with Gasteiger partial charge in [-0.1, -0.05) is 27.2 Å². The van der Waals surface area contributed by atoms with Crippen LogP contribution in [-0.2, 0) is 19.0 Å². The fourth-order valence-corrected chi connectivity index (χ4v) is 3.32. The highest BCUT2D eigenvalue weighted by Crippen LogP contribution is 2.35. The van der Waals surface area contributed by atoms with Gasteiger partial charge >= 0.3 is 0 Å². The zero-order chi connectivity index (χ0) is 13.9. The van der Waals surface area contributed by atoms with Crippen LogP contribution >= 0.6 is 0 Å². The molecular weight excluding hydrogens is 252 g/mol. The van der Waals surface area contributed by atoms with E-state index in [0.29, 0.717) is 17.8 Å². The molecule has 0 aromatic heterocycles. The molecule has 0 spiro atoms. The van der Waals surface area contributed by atoms with E-state index in [1.54, 1.807) is 6.92 Å². The van der Waals surface area contributed by atoms with E-state index in [1.165, 1.54) is 6.42 Å². The van der Waals surface area contributed by atoms with Gasteiger partial charge in [0.25, 0.3) is 10.1 Å². The van der Waals surface area contributed by atoms with Crippen LogP contribution < -0.4 is 0 Å². The van der Waals surface area contributed by atoms with Crippen molar-refractivity contribution < 1.29 is 17.3 Å². The second-order valence-electron chi connectivity index (χ2n) is 5.87. The molecular formula is C13H26O4S. The Hall–Kier alpha value is -0.130. The predicted molar refractivity (Wildman–Crippen MR) is 71.6 cm³/mol. The second-order valence-corrected chi connectivity index (χ2v) is 7.47. The summed E-state index contributed by atoms with van der Waals surface area (Å²) in [5.74, 6) is 1.68. The lowest BCUT2D eigenvalue weighted by Crippen LogP contribution is -2.37. The number of hydrogen-bond donors (Lipinski definition) is 0. The van der Waals surface area contributed by atoms with Crippen molar-refractivity contribution in [2.75, 3.05) is 6.26 Å². The minimum atomic E-state index is -3.45. The molecule has 5 heteroatoms. The molecule has 4 nitrogen and oxygen atoms in total. The Morgan fingerprint density at radius 1 is 1.17 bits per heavy atom. The van der Waals surface area contributed by atoms with Crippen molar-refractivity contribution in [1.82, 2.24) is 0 Å². The summed E-state index contributed by atoms with van der Waals surface area (Å²) < 4.78 is 32.8. The van der Waals surface area contributed by atoms with Crippen molar-refractivity contribution in [3.05, 3.63) is 0 Å². The highest BCUT2D eigenvalue weighted by molar-refractivity contribution is 7.86. The first-order valence-electron chi connectivity index (χ1n) is 6.72. The van der Waals surface area contributed by atoms with Gasteiger partial charge in [-0.05, 0) is 37.5 Å². The summed E-state index contributed by atoms with van der Waals surface area (Å²) in [4.78, 5) is 0. The summed E-state index contributed by atoms with van der Waals surface area (Å²) in [6.45, 7) is 8.25. The third kappa shape index (κ3) is 5.24. The van der Waals surface area contributed by atoms with Crippen LogP contribution in [0, 0.1) is 17.8 Å². The van der Waals surface area contributed by atoms with Gasteiger partial charge in [-0.2, -0.15) is 8.42 Å². The van der Waals surface area contributed by atoms with E-state index in [-0.39, 0.29) is 6.10 Å². The summed E-state index contributed by atoms with van der Waals surface area (Å²) >= 11 is 0. The molecule has 0 aliphatic heterocycles. The summed E-state index contributed by atoms with van der Waals surface area (Å²) in [5, 5.41) is 0. The van der Waals surface area contributed by atoms with Crippen molar-refractivity contribution in [2.45, 2.75) is 59.4 Å². The Morgan fingerprint density at radius 3 is 2.28 bits per heavy atom. The van der Waals surface area contributed by atoms with Crippen molar-refractivity contribution >= 4 is 10.1 Å². The summed E-state index contributed by atoms with van der Waals surface area (Å²) in [5.41, 5.74) is 0. The number of rotatable bonds is 5. The number of hydrogen-bond acceptors (Lipinski definition) is 4. The molecule has 1 aliphatic rings. The average molecular weight is 278 g/mol. The zero-order valence-corrected chi connectivity index (χ0v) is 12.9. The molecule has 4 atom stereocenters. The molecule has 1 unspecified atom stereocenters. The first kappa shape index (κ1) is 15.9. The Morgan fingerprint density at radius 2 is 1.78 bits per heavy atom. The van der Waals surface area contributed by atoms with Crippen molar-refractivity contribution in [3.8, 4) is 0 Å². The van der Waals surface area contributed by atoms with Gasteiger partial charge in [0.15, 0.2) is 6.29 Å². The van der Waals surface area contributed by atoms with Gasteiger partial charge in [-0.15, -0.1) is 0 Å². The van der Waals surface area contributed by atoms with Gasteiger partial charge in [0.1, 0.15) is 0 Å². The minimum Gasteiger partial charge on any atom is -0.348 e. The smallest absolute Gasteiger partial charge is 0.266 e. The predicted octanol–water partition coefficient (Wildman–Crippen LogP) is 2.79. The molecule has 1 aliphatic carbocycles. The molecule has 1 saturated carbocycles. The molecule has 0 N–H and O–H groups in total. The van der Waals surface area contributed by atoms with Crippen LogP contribution in [0.3, 0.4) is 0 Å². The van der Waals surface area contributed by atoms with Crippen LogP contribution in [0.5, 0.6) is 0 Å². The highest BCUT2D eigenvalue weighted by Gasteiger charge is 2.33. The molecule has 18 heavy (non-hydrogen) atoms. The van der Waals surface area contributed by atoms with Crippen molar-refractivity contribution in [3.63, 3.8) is 0 Å². The average Bonchev–Trinajstić information content (AvgIpc) is 2.13. The maximum Gasteiger partial charge on any atom is 0.266 e. The van der Waals surface area contributed by atoms with Crippen LogP contribution in [0.2, 0.25) is 0 Å². The third-order valence-electron chi connectivity index (χ3n) is 3.64. The lowest BCUT2D eigenvalue weighted by Gasteiger charge is -2.38. The first-order valence-corrected chi connectivity index (χ1v) is 8.54. The van der Waals surface area contributed by atoms with E-state index in [4.69, 9.17) is 8.92 Å². The van der Waals surface area contributed by atoms with Gasteiger partial charge in [0.2, 0.25) is 0 Å². The lowest BCUT2D eigenvalue weighted by molar-refractivity contribution is -0.143. The van der Waals surface area contributed by atoms with Crippen LogP contribution in [0.25, 0.3) is 0 Å². The Bertz CT molecular complexity index is 350. The maximum atomic E-state index is 11.1. The highest BCUT2D eigenvalue weighted by atomic mass is 32.2. The maximum absolute atomic E-state index is 11.1. The van der Waals surface area contributed by atoms with Gasteiger partial charge in [-0.25, -0.2) is 4.18 Å². The second kappa shape index (κ2) is 6.35. The van der Waals surface area contributed by atoms with E-state index < -0.39 is 16.4 Å². The Balaban J connectivity index is 2.60. The fraction of sp³-hybridized carbons (Fsp3) is 1.00. The van der Waals surface area contributed by atoms with E-state index in [0.717, 1.165) is 19.1 Å². The van der Waals surface area contributed by atoms with Crippen LogP contribution in [-0.4, -0.2) is 27.1 Å². The molecule has 0 bridgehead atoms. The zero-order valence-electron chi connectivity index (χ0n) is 12.0. The summed E-state index contributed by atoms with van der Waals surface area (Å²) in [7, 11) is -3.45. The monoisotopic (exact) mass is 278 g/mol. The fourth-order valence-electron chi connectivity index (χ4n) is 2.79. The number of ether oxygens (including phenoxy) is 1. The summed E-state index contributed by atoms with van der Waals surface area (Å²) in [6.07, 6.45) is 3.82. The first-order chi connectivity index (χ1) is 8.19. The van der Waals surface area contributed by atoms with Crippen molar-refractivity contribution in [1.29, 1.82) is 0 Å². The van der Waals surface area contributed by atoms with Gasteiger partial charge in [-0.3, -0.25) is 0 Å². The molecule has 1 rings (SSSR count). The third-order valence-corrected chi connectivity index (χ3v) is 4.26. The molecule has 0 heterocycles. The molecule has 0 amide bonds. The molecule has 0 radical (unpaired) electrons. The van der Waals surface area contributed by atoms with E-state index in [2.05, 4.69) is 20.8 Å². The van der Waals surface area contributed by atoms with Gasteiger partial charge in [0.05, 0.1) is 12.4 Å². The van der Waals surface area contributed by atoms with E-state index >= 15 is 0 Å². The molecule has 0 aromatic carbocycles. The molecule has 0 saturated heterocycles. The Kier molecular flexibility index (Phi) is 5.62. The normalized spacial score (nSPS) is 31.6. The van der Waals surface area contributed by atoms with Crippen LogP contribution in [0.15, 0.2) is 0 Å². The van der Waals surface area contributed by atoms with Gasteiger partial charge in [0, 0.05) is 0 Å². The van der Waals surface area contributed by atoms with Gasteiger partial charge < -0.3 is 4.74 Å². The van der Waals surface area contributed by atoms with Crippen LogP contribution in [0.4, 0.5) is 0 Å². The van der Waals surface area contributed by atoms with E-state index in [9.17, 15) is 8.42 Å². The standard InChI is InChI=1S/C13H26O4S/c1-9(2)12-7-6-10(3)8-13(12)16-11(4)17-18(5,14)15/h9-13H,6-8H2,1-5H3/t10-,11?,12+,13-/m0/s1. The SMILES string of the molecule is CC(O[C@H]1C[C@@H](C)CC[C@@H]1C(C)C)OS(C)(=O)=O. The van der Waals surface area contributed by atoms with E-state index in [1.807, 2.05) is 0 Å². The quantitative estimate of drug-likeness (QED) is 0.573. The topological polar surface area (TPSA) is 52.6 Å². The van der Waals surface area contributed by atoms with Crippen LogP contribution in [0.1, 0.15) is 47.0 Å². The summed E-state index contributed by atoms with van der Waals surface area (Å²) in [6, 6.07) is 0. The lowest BCUT2D eigenvalue weighted by atomic mass is 9.75. The van der Waals surface area contributed by atoms with Crippen molar-refractivity contribution in [2.24, 2.45) is 17.8 Å². The largest absolute Gasteiger partial charge is 0.348 e.